The van der Waals surface area contributed by atoms with Gasteiger partial charge in [-0.15, -0.1) is 0 Å². The molecule has 1 aliphatic heterocycles. The summed E-state index contributed by atoms with van der Waals surface area (Å²) in [6, 6.07) is 16.2. The predicted molar refractivity (Wildman–Crippen MR) is 137 cm³/mol. The molecule has 5 rings (SSSR count). The summed E-state index contributed by atoms with van der Waals surface area (Å²) in [4.78, 5) is 49.0. The first-order valence-corrected chi connectivity index (χ1v) is 12.3. The number of carbonyl (C=O) groups is 3. The normalized spacial score (nSPS) is 19.2. The molecule has 0 radical (unpaired) electrons. The van der Waals surface area contributed by atoms with E-state index in [2.05, 4.69) is 20.6 Å². The third-order valence-corrected chi connectivity index (χ3v) is 6.93. The van der Waals surface area contributed by atoms with Gasteiger partial charge in [0.2, 0.25) is 11.9 Å². The predicted octanol–water partition coefficient (Wildman–Crippen LogP) is 4.88. The lowest BCUT2D eigenvalue weighted by molar-refractivity contribution is -0.122. The van der Waals surface area contributed by atoms with Crippen molar-refractivity contribution >= 4 is 35.0 Å². The summed E-state index contributed by atoms with van der Waals surface area (Å²) in [6.45, 7) is 4.11. The van der Waals surface area contributed by atoms with E-state index in [0.29, 0.717) is 22.8 Å². The number of hydrogen-bond donors (Lipinski definition) is 2. The van der Waals surface area contributed by atoms with E-state index in [1.807, 2.05) is 44.2 Å². The van der Waals surface area contributed by atoms with Gasteiger partial charge in [0.05, 0.1) is 11.1 Å². The molecule has 2 aliphatic rings. The molecule has 8 nitrogen and oxygen atoms in total. The zero-order valence-electron chi connectivity index (χ0n) is 20.5. The number of hydrogen-bond acceptors (Lipinski definition) is 6. The van der Waals surface area contributed by atoms with Gasteiger partial charge in [-0.2, -0.15) is 0 Å². The third-order valence-electron chi connectivity index (χ3n) is 6.93. The van der Waals surface area contributed by atoms with E-state index in [4.69, 9.17) is 0 Å². The van der Waals surface area contributed by atoms with E-state index >= 15 is 0 Å². The van der Waals surface area contributed by atoms with E-state index in [-0.39, 0.29) is 36.1 Å². The van der Waals surface area contributed by atoms with Crippen molar-refractivity contribution in [1.29, 1.82) is 0 Å². The number of nitrogens with one attached hydrogen (secondary N) is 2. The highest BCUT2D eigenvalue weighted by atomic mass is 16.2. The molecule has 1 aliphatic carbocycles. The quantitative estimate of drug-likeness (QED) is 0.485. The summed E-state index contributed by atoms with van der Waals surface area (Å²) in [5.74, 6) is -0.405. The number of fused-ring (bicyclic) bond motifs is 1. The van der Waals surface area contributed by atoms with Crippen LogP contribution in [0.1, 0.15) is 57.8 Å². The fourth-order valence-electron chi connectivity index (χ4n) is 5.19. The van der Waals surface area contributed by atoms with Crippen LogP contribution >= 0.6 is 0 Å². The van der Waals surface area contributed by atoms with E-state index in [1.54, 1.807) is 24.3 Å². The highest BCUT2D eigenvalue weighted by molar-refractivity contribution is 6.21. The van der Waals surface area contributed by atoms with Crippen LogP contribution in [0.2, 0.25) is 0 Å². The second-order valence-electron chi connectivity index (χ2n) is 9.58. The minimum Gasteiger partial charge on any atom is -0.326 e. The monoisotopic (exact) mass is 483 g/mol. The summed E-state index contributed by atoms with van der Waals surface area (Å²) in [5, 5.41) is 6.22. The van der Waals surface area contributed by atoms with E-state index < -0.39 is 0 Å². The summed E-state index contributed by atoms with van der Waals surface area (Å²) >= 11 is 0. The van der Waals surface area contributed by atoms with Crippen molar-refractivity contribution in [1.82, 2.24) is 14.9 Å². The number of aromatic nitrogens is 2. The van der Waals surface area contributed by atoms with Crippen LogP contribution in [0, 0.1) is 25.7 Å². The summed E-state index contributed by atoms with van der Waals surface area (Å²) in [6.07, 6.45) is 3.49. The van der Waals surface area contributed by atoms with Gasteiger partial charge < -0.3 is 10.6 Å². The van der Waals surface area contributed by atoms with Gasteiger partial charge in [0.25, 0.3) is 11.8 Å². The molecule has 1 saturated carbocycles. The first-order valence-electron chi connectivity index (χ1n) is 12.3. The molecule has 3 aromatic rings. The molecular formula is C28H29N5O3. The smallest absolute Gasteiger partial charge is 0.261 e. The van der Waals surface area contributed by atoms with Crippen molar-refractivity contribution in [3.8, 4) is 0 Å². The number of anilines is 3. The van der Waals surface area contributed by atoms with Gasteiger partial charge in [0.1, 0.15) is 0 Å². The van der Waals surface area contributed by atoms with Gasteiger partial charge in [-0.25, -0.2) is 9.97 Å². The van der Waals surface area contributed by atoms with Crippen molar-refractivity contribution in [3.63, 3.8) is 0 Å². The maximum Gasteiger partial charge on any atom is 0.261 e. The number of carbonyl (C=O) groups excluding carboxylic acids is 3. The van der Waals surface area contributed by atoms with Crippen molar-refractivity contribution < 1.29 is 14.4 Å². The second-order valence-corrected chi connectivity index (χ2v) is 9.58. The van der Waals surface area contributed by atoms with Crippen molar-refractivity contribution in [2.45, 2.75) is 39.5 Å². The fourth-order valence-corrected chi connectivity index (χ4v) is 5.19. The van der Waals surface area contributed by atoms with Crippen molar-refractivity contribution in [2.24, 2.45) is 11.8 Å². The van der Waals surface area contributed by atoms with Crippen molar-refractivity contribution in [3.05, 3.63) is 77.1 Å². The average molecular weight is 484 g/mol. The minimum atomic E-state index is -0.267. The molecule has 2 N–H and O–H groups in total. The molecule has 2 heterocycles. The Bertz CT molecular complexity index is 1270. The summed E-state index contributed by atoms with van der Waals surface area (Å²) in [5.41, 5.74) is 4.17. The molecule has 0 saturated heterocycles. The topological polar surface area (TPSA) is 104 Å². The minimum absolute atomic E-state index is 0.0661. The Hall–Kier alpha value is -4.07. The lowest BCUT2D eigenvalue weighted by Crippen LogP contribution is -2.41. The molecule has 2 unspecified atom stereocenters. The second kappa shape index (κ2) is 9.89. The number of aryl methyl sites for hydroxylation is 2. The lowest BCUT2D eigenvalue weighted by Gasteiger charge is -2.32. The van der Waals surface area contributed by atoms with Crippen molar-refractivity contribution in [2.75, 3.05) is 17.2 Å². The Morgan fingerprint density at radius 3 is 2.11 bits per heavy atom. The maximum atomic E-state index is 13.2. The average Bonchev–Trinajstić information content (AvgIpc) is 3.10. The first kappa shape index (κ1) is 23.7. The third kappa shape index (κ3) is 4.84. The standard InChI is InChI=1S/C28H29N5O3/c1-17-15-18(2)30-28(29-17)32-21-13-11-20(12-14-21)31-25(34)22-8-4-3-7-19(22)16-33-26(35)23-9-5-6-10-24(23)27(33)36/h5-6,9-15,19,22H,3-4,7-8,16H2,1-2H3,(H,31,34)(H,29,30,32). The number of amides is 3. The molecule has 36 heavy (non-hydrogen) atoms. The van der Waals surface area contributed by atoms with Crippen LogP contribution in [-0.2, 0) is 4.79 Å². The fraction of sp³-hybridized carbons (Fsp3) is 0.321. The molecule has 0 bridgehead atoms. The highest BCUT2D eigenvalue weighted by Gasteiger charge is 2.40. The Labute approximate surface area is 210 Å². The van der Waals surface area contributed by atoms with Crippen LogP contribution in [0.25, 0.3) is 0 Å². The van der Waals surface area contributed by atoms with Crippen LogP contribution in [-0.4, -0.2) is 39.1 Å². The van der Waals surface area contributed by atoms with Gasteiger partial charge in [-0.1, -0.05) is 25.0 Å². The van der Waals surface area contributed by atoms with Crippen LogP contribution in [0.4, 0.5) is 17.3 Å². The van der Waals surface area contributed by atoms with Gasteiger partial charge in [-0.05, 0) is 75.1 Å². The Kier molecular flexibility index (Phi) is 6.50. The lowest BCUT2D eigenvalue weighted by atomic mass is 9.78. The molecule has 1 aromatic heterocycles. The van der Waals surface area contributed by atoms with Crippen LogP contribution in [0.5, 0.6) is 0 Å². The molecule has 3 amide bonds. The molecule has 1 fully saturated rings. The molecular weight excluding hydrogens is 454 g/mol. The maximum absolute atomic E-state index is 13.2. The largest absolute Gasteiger partial charge is 0.326 e. The van der Waals surface area contributed by atoms with E-state index in [1.165, 1.54) is 4.90 Å². The van der Waals surface area contributed by atoms with Crippen LogP contribution in [0.3, 0.4) is 0 Å². The molecule has 184 valence electrons. The first-order chi connectivity index (χ1) is 17.4. The number of imide groups is 1. The number of nitrogens with zero attached hydrogens (tertiary/aromatic N) is 3. The summed E-state index contributed by atoms with van der Waals surface area (Å²) < 4.78 is 0. The zero-order chi connectivity index (χ0) is 25.2. The zero-order valence-corrected chi connectivity index (χ0v) is 20.5. The molecule has 2 aromatic carbocycles. The van der Waals surface area contributed by atoms with Gasteiger partial charge in [0, 0.05) is 35.2 Å². The van der Waals surface area contributed by atoms with E-state index in [0.717, 1.165) is 42.8 Å². The number of rotatable bonds is 6. The van der Waals surface area contributed by atoms with E-state index in [9.17, 15) is 14.4 Å². The SMILES string of the molecule is Cc1cc(C)nc(Nc2ccc(NC(=O)C3CCCCC3CN3C(=O)c4ccccc4C3=O)cc2)n1. The van der Waals surface area contributed by atoms with Gasteiger partial charge in [0.15, 0.2) is 0 Å². The Morgan fingerprint density at radius 1 is 0.889 bits per heavy atom. The molecule has 2 atom stereocenters. The van der Waals surface area contributed by atoms with Gasteiger partial charge in [-0.3, -0.25) is 19.3 Å². The highest BCUT2D eigenvalue weighted by Crippen LogP contribution is 2.34. The number of benzene rings is 2. The Balaban J connectivity index is 1.24. The van der Waals surface area contributed by atoms with Crippen LogP contribution < -0.4 is 10.6 Å². The Morgan fingerprint density at radius 2 is 1.47 bits per heavy atom. The van der Waals surface area contributed by atoms with Gasteiger partial charge >= 0.3 is 0 Å². The molecule has 8 heteroatoms. The van der Waals surface area contributed by atoms with Crippen LogP contribution in [0.15, 0.2) is 54.6 Å². The summed E-state index contributed by atoms with van der Waals surface area (Å²) in [7, 11) is 0. The molecule has 0 spiro atoms.